The van der Waals surface area contributed by atoms with Crippen molar-refractivity contribution in [2.45, 2.75) is 84.4 Å². The maximum Gasteiger partial charge on any atom is 0.410 e. The predicted octanol–water partition coefficient (Wildman–Crippen LogP) is 8.74. The van der Waals surface area contributed by atoms with Crippen LogP contribution in [0.3, 0.4) is 0 Å². The lowest BCUT2D eigenvalue weighted by Crippen LogP contribution is -2.41. The number of fused-ring (bicyclic) bond motifs is 1. The highest BCUT2D eigenvalue weighted by Gasteiger charge is 2.29. The minimum absolute atomic E-state index is 0.137. The lowest BCUT2D eigenvalue weighted by atomic mass is 9.87. The minimum atomic E-state index is -0.474. The quantitative estimate of drug-likeness (QED) is 0.235. The molecule has 5 rings (SSSR count). The molecule has 222 valence electrons. The summed E-state index contributed by atoms with van der Waals surface area (Å²) in [7, 11) is 2.17. The number of aromatic nitrogens is 1. The van der Waals surface area contributed by atoms with E-state index in [1.807, 2.05) is 25.7 Å². The van der Waals surface area contributed by atoms with Gasteiger partial charge in [-0.1, -0.05) is 81.4 Å². The second-order valence-corrected chi connectivity index (χ2v) is 13.9. The van der Waals surface area contributed by atoms with Gasteiger partial charge in [-0.25, -0.2) is 4.79 Å². The van der Waals surface area contributed by atoms with E-state index in [1.165, 1.54) is 38.8 Å². The van der Waals surface area contributed by atoms with Crippen LogP contribution in [0.1, 0.15) is 82.6 Å². The van der Waals surface area contributed by atoms with E-state index in [0.717, 1.165) is 39.0 Å². The summed E-state index contributed by atoms with van der Waals surface area (Å²) < 4.78 is 8.07. The summed E-state index contributed by atoms with van der Waals surface area (Å²) in [5.41, 5.74) is 7.47. The summed E-state index contributed by atoms with van der Waals surface area (Å²) in [6, 6.07) is 26.6. The maximum atomic E-state index is 12.7. The first-order chi connectivity index (χ1) is 19.9. The molecule has 0 radical (unpaired) electrons. The highest BCUT2D eigenvalue weighted by atomic mass is 16.6. The SMILES string of the molecule is CN(Cc1ccccc1)c1ccc2c(C3CCN(C(=O)OC(C)(C)C)CC3)cn(Cc3ccc(C(C)(C)C)cc3)c2c1. The van der Waals surface area contributed by atoms with E-state index < -0.39 is 5.60 Å². The molecule has 1 saturated heterocycles. The van der Waals surface area contributed by atoms with Crippen LogP contribution in [0.25, 0.3) is 10.9 Å². The molecule has 1 fully saturated rings. The zero-order valence-corrected chi connectivity index (χ0v) is 26.5. The third-order valence-corrected chi connectivity index (χ3v) is 8.36. The van der Waals surface area contributed by atoms with Crippen molar-refractivity contribution in [1.82, 2.24) is 9.47 Å². The zero-order valence-electron chi connectivity index (χ0n) is 26.5. The van der Waals surface area contributed by atoms with Gasteiger partial charge < -0.3 is 19.1 Å². The molecule has 1 aromatic heterocycles. The number of anilines is 1. The van der Waals surface area contributed by atoms with E-state index in [9.17, 15) is 4.79 Å². The fourth-order valence-corrected chi connectivity index (χ4v) is 5.96. The van der Waals surface area contributed by atoms with E-state index in [4.69, 9.17) is 4.74 Å². The summed E-state index contributed by atoms with van der Waals surface area (Å²) in [5, 5.41) is 1.31. The second kappa shape index (κ2) is 11.9. The van der Waals surface area contributed by atoms with E-state index in [-0.39, 0.29) is 11.5 Å². The summed E-state index contributed by atoms with van der Waals surface area (Å²) >= 11 is 0. The molecule has 0 atom stereocenters. The van der Waals surface area contributed by atoms with Crippen LogP contribution in [0, 0.1) is 0 Å². The molecule has 2 heterocycles. The molecule has 5 nitrogen and oxygen atoms in total. The van der Waals surface area contributed by atoms with E-state index in [0.29, 0.717) is 5.92 Å². The molecule has 3 aromatic carbocycles. The van der Waals surface area contributed by atoms with Gasteiger partial charge in [0.2, 0.25) is 0 Å². The minimum Gasteiger partial charge on any atom is -0.444 e. The molecule has 0 unspecified atom stereocenters. The molecular formula is C37H47N3O2. The van der Waals surface area contributed by atoms with Gasteiger partial charge in [-0.15, -0.1) is 0 Å². The van der Waals surface area contributed by atoms with Gasteiger partial charge in [0, 0.05) is 50.5 Å². The summed E-state index contributed by atoms with van der Waals surface area (Å²) in [6.07, 6.45) is 4.05. The van der Waals surface area contributed by atoms with Crippen LogP contribution < -0.4 is 4.90 Å². The van der Waals surface area contributed by atoms with Crippen molar-refractivity contribution in [3.63, 3.8) is 0 Å². The first kappa shape index (κ1) is 29.8. The van der Waals surface area contributed by atoms with Crippen LogP contribution in [-0.2, 0) is 23.2 Å². The Kier molecular flexibility index (Phi) is 8.41. The Balaban J connectivity index is 1.43. The third kappa shape index (κ3) is 7.00. The number of ether oxygens (including phenoxy) is 1. The number of carbonyl (C=O) groups is 1. The maximum absolute atomic E-state index is 12.7. The standard InChI is InChI=1S/C37H47N3O2/c1-36(2,3)30-15-13-28(14-16-30)25-40-26-33(29-19-21-39(22-20-29)35(41)42-37(4,5)6)32-18-17-31(23-34(32)40)38(7)24-27-11-9-8-10-12-27/h8-18,23,26,29H,19-22,24-25H2,1-7H3. The fourth-order valence-electron chi connectivity index (χ4n) is 5.96. The molecule has 5 heteroatoms. The Hall–Kier alpha value is -3.73. The molecular weight excluding hydrogens is 518 g/mol. The van der Waals surface area contributed by atoms with Crippen molar-refractivity contribution in [2.24, 2.45) is 0 Å². The lowest BCUT2D eigenvalue weighted by molar-refractivity contribution is 0.0205. The molecule has 1 aliphatic rings. The number of carbonyl (C=O) groups excluding carboxylic acids is 1. The van der Waals surface area contributed by atoms with Gasteiger partial charge in [0.15, 0.2) is 0 Å². The molecule has 1 aliphatic heterocycles. The van der Waals surface area contributed by atoms with E-state index in [2.05, 4.69) is 116 Å². The average molecular weight is 566 g/mol. The van der Waals surface area contributed by atoms with Gasteiger partial charge in [-0.3, -0.25) is 0 Å². The van der Waals surface area contributed by atoms with Crippen molar-refractivity contribution in [3.05, 3.63) is 101 Å². The van der Waals surface area contributed by atoms with Gasteiger partial charge in [0.05, 0.1) is 5.52 Å². The van der Waals surface area contributed by atoms with Crippen molar-refractivity contribution in [3.8, 4) is 0 Å². The summed E-state index contributed by atoms with van der Waals surface area (Å²) in [6.45, 7) is 15.7. The first-order valence-corrected chi connectivity index (χ1v) is 15.3. The third-order valence-electron chi connectivity index (χ3n) is 8.36. The molecule has 0 aliphatic carbocycles. The molecule has 0 spiro atoms. The number of hydrogen-bond donors (Lipinski definition) is 0. The molecule has 4 aromatic rings. The highest BCUT2D eigenvalue weighted by Crippen LogP contribution is 2.37. The van der Waals surface area contributed by atoms with Crippen LogP contribution in [-0.4, -0.2) is 41.3 Å². The Labute approximate surface area is 252 Å². The van der Waals surface area contributed by atoms with Crippen LogP contribution in [0.2, 0.25) is 0 Å². The van der Waals surface area contributed by atoms with Gasteiger partial charge in [0.1, 0.15) is 5.60 Å². The van der Waals surface area contributed by atoms with Crippen LogP contribution in [0.4, 0.5) is 10.5 Å². The second-order valence-electron chi connectivity index (χ2n) is 13.9. The van der Waals surface area contributed by atoms with Crippen molar-refractivity contribution < 1.29 is 9.53 Å². The number of nitrogens with zero attached hydrogens (tertiary/aromatic N) is 3. The van der Waals surface area contributed by atoms with E-state index in [1.54, 1.807) is 0 Å². The van der Waals surface area contributed by atoms with Gasteiger partial charge in [-0.2, -0.15) is 0 Å². The fraction of sp³-hybridized carbons (Fsp3) is 0.432. The number of rotatable bonds is 6. The Morgan fingerprint density at radius 2 is 1.55 bits per heavy atom. The first-order valence-electron chi connectivity index (χ1n) is 15.3. The largest absolute Gasteiger partial charge is 0.444 e. The topological polar surface area (TPSA) is 37.7 Å². The monoisotopic (exact) mass is 565 g/mol. The Morgan fingerprint density at radius 1 is 0.881 bits per heavy atom. The highest BCUT2D eigenvalue weighted by molar-refractivity contribution is 5.88. The van der Waals surface area contributed by atoms with E-state index >= 15 is 0 Å². The molecule has 42 heavy (non-hydrogen) atoms. The van der Waals surface area contributed by atoms with Crippen LogP contribution in [0.5, 0.6) is 0 Å². The van der Waals surface area contributed by atoms with Crippen LogP contribution >= 0.6 is 0 Å². The number of piperidine rings is 1. The lowest BCUT2D eigenvalue weighted by Gasteiger charge is -2.33. The van der Waals surface area contributed by atoms with Crippen LogP contribution in [0.15, 0.2) is 79.0 Å². The van der Waals surface area contributed by atoms with Crippen molar-refractivity contribution in [1.29, 1.82) is 0 Å². The smallest absolute Gasteiger partial charge is 0.410 e. The summed E-state index contributed by atoms with van der Waals surface area (Å²) in [5.74, 6) is 0.406. The Morgan fingerprint density at radius 3 is 2.17 bits per heavy atom. The number of amides is 1. The van der Waals surface area contributed by atoms with Crippen molar-refractivity contribution in [2.75, 3.05) is 25.0 Å². The molecule has 0 N–H and O–H groups in total. The zero-order chi connectivity index (χ0) is 30.1. The molecule has 0 saturated carbocycles. The Bertz CT molecular complexity index is 1500. The van der Waals surface area contributed by atoms with Gasteiger partial charge in [0.25, 0.3) is 0 Å². The van der Waals surface area contributed by atoms with Gasteiger partial charge in [-0.05, 0) is 79.3 Å². The normalized spacial score (nSPS) is 14.8. The summed E-state index contributed by atoms with van der Waals surface area (Å²) in [4.78, 5) is 16.9. The predicted molar refractivity (Wildman–Crippen MR) is 175 cm³/mol. The van der Waals surface area contributed by atoms with Crippen molar-refractivity contribution >= 4 is 22.7 Å². The number of hydrogen-bond acceptors (Lipinski definition) is 3. The number of likely N-dealkylation sites (tertiary alicyclic amines) is 1. The molecule has 0 bridgehead atoms. The average Bonchev–Trinajstić information content (AvgIpc) is 3.30. The molecule has 1 amide bonds. The number of benzene rings is 3. The van der Waals surface area contributed by atoms with Gasteiger partial charge >= 0.3 is 6.09 Å².